The summed E-state index contributed by atoms with van der Waals surface area (Å²) in [5, 5.41) is 3.26. The summed E-state index contributed by atoms with van der Waals surface area (Å²) in [6, 6.07) is 14.0. The molecule has 1 aliphatic heterocycles. The van der Waals surface area contributed by atoms with E-state index in [0.717, 1.165) is 11.3 Å². The third-order valence-corrected chi connectivity index (χ3v) is 3.78. The van der Waals surface area contributed by atoms with Gasteiger partial charge in [-0.05, 0) is 29.3 Å². The number of rotatable bonds is 3. The van der Waals surface area contributed by atoms with Crippen molar-refractivity contribution in [2.75, 3.05) is 12.4 Å². The first-order chi connectivity index (χ1) is 10.1. The van der Waals surface area contributed by atoms with Crippen LogP contribution >= 0.6 is 0 Å². The molecule has 0 fully saturated rings. The van der Waals surface area contributed by atoms with Crippen LogP contribution in [0.4, 0.5) is 10.1 Å². The zero-order valence-electron chi connectivity index (χ0n) is 11.8. The van der Waals surface area contributed by atoms with Crippen LogP contribution in [0.5, 0.6) is 0 Å². The quantitative estimate of drug-likeness (QED) is 0.940. The summed E-state index contributed by atoms with van der Waals surface area (Å²) < 4.78 is 12.9. The fraction of sp³-hybridized carbons (Fsp3) is 0.235. The van der Waals surface area contributed by atoms with Gasteiger partial charge in [-0.15, -0.1) is 0 Å². The van der Waals surface area contributed by atoms with Gasteiger partial charge in [0.05, 0.1) is 0 Å². The van der Waals surface area contributed by atoms with Gasteiger partial charge in [0, 0.05) is 25.7 Å². The Morgan fingerprint density at radius 1 is 1.24 bits per heavy atom. The first-order valence-electron chi connectivity index (χ1n) is 6.97. The molecule has 0 saturated carbocycles. The molecule has 0 aliphatic carbocycles. The lowest BCUT2D eigenvalue weighted by molar-refractivity contribution is -0.131. The van der Waals surface area contributed by atoms with E-state index in [0.29, 0.717) is 13.0 Å². The summed E-state index contributed by atoms with van der Waals surface area (Å²) in [6.45, 7) is 0.480. The van der Waals surface area contributed by atoms with E-state index in [2.05, 4.69) is 5.32 Å². The Balaban J connectivity index is 1.65. The van der Waals surface area contributed by atoms with Gasteiger partial charge in [0.25, 0.3) is 0 Å². The van der Waals surface area contributed by atoms with Gasteiger partial charge in [-0.25, -0.2) is 4.39 Å². The van der Waals surface area contributed by atoms with Crippen molar-refractivity contribution >= 4 is 11.6 Å². The van der Waals surface area contributed by atoms with Crippen LogP contribution in [-0.4, -0.2) is 23.9 Å². The number of carbonyl (C=O) groups is 1. The van der Waals surface area contributed by atoms with E-state index in [1.165, 1.54) is 17.7 Å². The molecule has 21 heavy (non-hydrogen) atoms. The molecular weight excluding hydrogens is 267 g/mol. The van der Waals surface area contributed by atoms with Crippen molar-refractivity contribution in [2.24, 2.45) is 0 Å². The summed E-state index contributed by atoms with van der Waals surface area (Å²) in [7, 11) is 1.77. The van der Waals surface area contributed by atoms with Crippen LogP contribution in [0.15, 0.2) is 48.5 Å². The maximum absolute atomic E-state index is 12.9. The largest absolute Gasteiger partial charge is 0.373 e. The number of fused-ring (bicyclic) bond motifs is 1. The molecule has 0 saturated heterocycles. The zero-order chi connectivity index (χ0) is 14.8. The van der Waals surface area contributed by atoms with Gasteiger partial charge in [-0.1, -0.05) is 30.3 Å². The number of carbonyl (C=O) groups excluding carboxylic acids is 1. The Labute approximate surface area is 123 Å². The maximum atomic E-state index is 12.9. The van der Waals surface area contributed by atoms with Gasteiger partial charge >= 0.3 is 0 Å². The number of benzene rings is 2. The molecule has 1 heterocycles. The van der Waals surface area contributed by atoms with Crippen molar-refractivity contribution in [3.05, 3.63) is 65.5 Å². The molecule has 2 aromatic rings. The number of nitrogens with one attached hydrogen (secondary N) is 1. The van der Waals surface area contributed by atoms with Gasteiger partial charge in [0.15, 0.2) is 0 Å². The second kappa shape index (κ2) is 5.56. The summed E-state index contributed by atoms with van der Waals surface area (Å²) >= 11 is 0. The fourth-order valence-electron chi connectivity index (χ4n) is 2.65. The van der Waals surface area contributed by atoms with Crippen LogP contribution in [0.25, 0.3) is 0 Å². The average molecular weight is 284 g/mol. The van der Waals surface area contributed by atoms with Crippen molar-refractivity contribution < 1.29 is 9.18 Å². The normalized spacial score (nSPS) is 16.2. The van der Waals surface area contributed by atoms with Crippen LogP contribution in [0, 0.1) is 5.82 Å². The molecule has 0 unspecified atom stereocenters. The molecule has 1 amide bonds. The molecule has 108 valence electrons. The highest BCUT2D eigenvalue weighted by atomic mass is 19.1. The lowest BCUT2D eigenvalue weighted by atomic mass is 10.1. The Hall–Kier alpha value is -2.36. The van der Waals surface area contributed by atoms with Gasteiger partial charge in [-0.2, -0.15) is 0 Å². The molecule has 0 aromatic heterocycles. The third kappa shape index (κ3) is 2.89. The number of halogens is 1. The molecule has 1 N–H and O–H groups in total. The second-order valence-corrected chi connectivity index (χ2v) is 5.38. The minimum Gasteiger partial charge on any atom is -0.373 e. The van der Waals surface area contributed by atoms with Crippen molar-refractivity contribution in [2.45, 2.75) is 19.0 Å². The molecule has 3 rings (SSSR count). The van der Waals surface area contributed by atoms with Crippen LogP contribution in [0.1, 0.15) is 11.1 Å². The summed E-state index contributed by atoms with van der Waals surface area (Å²) in [5.74, 6) is -0.212. The first kappa shape index (κ1) is 13.6. The first-order valence-corrected chi connectivity index (χ1v) is 6.97. The van der Waals surface area contributed by atoms with E-state index in [9.17, 15) is 9.18 Å². The van der Waals surface area contributed by atoms with E-state index < -0.39 is 0 Å². The minimum absolute atomic E-state index is 0.0514. The average Bonchev–Trinajstić information content (AvgIpc) is 2.92. The number of amides is 1. The van der Waals surface area contributed by atoms with Crippen molar-refractivity contribution in [3.8, 4) is 0 Å². The highest BCUT2D eigenvalue weighted by molar-refractivity contribution is 5.87. The van der Waals surface area contributed by atoms with Crippen LogP contribution in [0.2, 0.25) is 0 Å². The zero-order valence-corrected chi connectivity index (χ0v) is 11.8. The van der Waals surface area contributed by atoms with Crippen LogP contribution < -0.4 is 5.32 Å². The van der Waals surface area contributed by atoms with Crippen LogP contribution in [0.3, 0.4) is 0 Å². The van der Waals surface area contributed by atoms with Gasteiger partial charge in [0.2, 0.25) is 5.91 Å². The molecule has 1 aliphatic rings. The van der Waals surface area contributed by atoms with E-state index >= 15 is 0 Å². The summed E-state index contributed by atoms with van der Waals surface area (Å²) in [4.78, 5) is 14.2. The SMILES string of the molecule is CN(Cc1ccc(F)cc1)C(=O)[C@@H]1Cc2ccccc2N1. The molecule has 2 aromatic carbocycles. The number of nitrogens with zero attached hydrogens (tertiary/aromatic N) is 1. The smallest absolute Gasteiger partial charge is 0.245 e. The fourth-order valence-corrected chi connectivity index (χ4v) is 2.65. The lowest BCUT2D eigenvalue weighted by Gasteiger charge is -2.21. The van der Waals surface area contributed by atoms with E-state index in [-0.39, 0.29) is 17.8 Å². The molecule has 3 nitrogen and oxygen atoms in total. The summed E-state index contributed by atoms with van der Waals surface area (Å²) in [6.07, 6.45) is 0.711. The number of likely N-dealkylation sites (N-methyl/N-ethyl adjacent to an activating group) is 1. The summed E-state index contributed by atoms with van der Waals surface area (Å²) in [5.41, 5.74) is 3.12. The Bertz CT molecular complexity index is 629. The van der Waals surface area contributed by atoms with E-state index in [1.54, 1.807) is 24.1 Å². The third-order valence-electron chi connectivity index (χ3n) is 3.78. The number of para-hydroxylation sites is 1. The Morgan fingerprint density at radius 2 is 1.95 bits per heavy atom. The number of hydrogen-bond acceptors (Lipinski definition) is 2. The standard InChI is InChI=1S/C17H17FN2O/c1-20(11-12-6-8-14(18)9-7-12)17(21)16-10-13-4-2-3-5-15(13)19-16/h2-9,16,19H,10-11H2,1H3/t16-/m0/s1. The van der Waals surface area contributed by atoms with E-state index in [4.69, 9.17) is 0 Å². The molecule has 1 atom stereocenters. The molecular formula is C17H17FN2O. The van der Waals surface area contributed by atoms with Crippen molar-refractivity contribution in [3.63, 3.8) is 0 Å². The molecule has 0 spiro atoms. The number of anilines is 1. The van der Waals surface area contributed by atoms with Crippen LogP contribution in [-0.2, 0) is 17.8 Å². The monoisotopic (exact) mass is 284 g/mol. The number of hydrogen-bond donors (Lipinski definition) is 1. The van der Waals surface area contributed by atoms with Crippen molar-refractivity contribution in [1.82, 2.24) is 4.90 Å². The van der Waals surface area contributed by atoms with Crippen molar-refractivity contribution in [1.29, 1.82) is 0 Å². The Morgan fingerprint density at radius 3 is 2.67 bits per heavy atom. The van der Waals surface area contributed by atoms with E-state index in [1.807, 2.05) is 24.3 Å². The lowest BCUT2D eigenvalue weighted by Crippen LogP contribution is -2.39. The predicted octanol–water partition coefficient (Wildman–Crippen LogP) is 2.82. The topological polar surface area (TPSA) is 32.3 Å². The van der Waals surface area contributed by atoms with Gasteiger partial charge in [-0.3, -0.25) is 4.79 Å². The highest BCUT2D eigenvalue weighted by Gasteiger charge is 2.28. The maximum Gasteiger partial charge on any atom is 0.245 e. The van der Waals surface area contributed by atoms with Gasteiger partial charge in [0.1, 0.15) is 11.9 Å². The minimum atomic E-state index is -0.263. The Kier molecular flexibility index (Phi) is 3.60. The predicted molar refractivity (Wildman–Crippen MR) is 80.4 cm³/mol. The second-order valence-electron chi connectivity index (χ2n) is 5.38. The highest BCUT2D eigenvalue weighted by Crippen LogP contribution is 2.26. The molecule has 4 heteroatoms. The molecule has 0 radical (unpaired) electrons. The van der Waals surface area contributed by atoms with Gasteiger partial charge < -0.3 is 10.2 Å². The molecule has 0 bridgehead atoms.